The SMILES string of the molecule is CC(N)c1ccc(OCC(F)(F)C(F)F)cn1. The van der Waals surface area contributed by atoms with Crippen molar-refractivity contribution in [3.05, 3.63) is 24.0 Å². The first kappa shape index (κ1) is 13.7. The van der Waals surface area contributed by atoms with Crippen LogP contribution in [0.2, 0.25) is 0 Å². The summed E-state index contributed by atoms with van der Waals surface area (Å²) in [4.78, 5) is 3.84. The molecule has 17 heavy (non-hydrogen) atoms. The van der Waals surface area contributed by atoms with Crippen molar-refractivity contribution >= 4 is 0 Å². The molecule has 1 aromatic heterocycles. The Labute approximate surface area is 95.6 Å². The van der Waals surface area contributed by atoms with Crippen LogP contribution in [0.25, 0.3) is 0 Å². The fourth-order valence-electron chi connectivity index (χ4n) is 0.989. The van der Waals surface area contributed by atoms with Gasteiger partial charge in [0, 0.05) is 6.04 Å². The first-order chi connectivity index (χ1) is 7.83. The van der Waals surface area contributed by atoms with E-state index in [-0.39, 0.29) is 11.8 Å². The van der Waals surface area contributed by atoms with Gasteiger partial charge in [0.2, 0.25) is 0 Å². The quantitative estimate of drug-likeness (QED) is 0.818. The zero-order valence-electron chi connectivity index (χ0n) is 9.04. The lowest BCUT2D eigenvalue weighted by atomic mass is 10.2. The van der Waals surface area contributed by atoms with Crippen LogP contribution < -0.4 is 10.5 Å². The van der Waals surface area contributed by atoms with Crippen LogP contribution in [-0.2, 0) is 0 Å². The van der Waals surface area contributed by atoms with Crippen molar-refractivity contribution in [2.24, 2.45) is 5.73 Å². The maximum atomic E-state index is 12.5. The Morgan fingerprint density at radius 1 is 1.41 bits per heavy atom. The van der Waals surface area contributed by atoms with Crippen molar-refractivity contribution in [2.75, 3.05) is 6.61 Å². The summed E-state index contributed by atoms with van der Waals surface area (Å²) in [6, 6.07) is 2.54. The Kier molecular flexibility index (Phi) is 4.28. The average Bonchev–Trinajstić information content (AvgIpc) is 2.27. The monoisotopic (exact) mass is 252 g/mol. The van der Waals surface area contributed by atoms with E-state index in [1.165, 1.54) is 18.3 Å². The van der Waals surface area contributed by atoms with E-state index >= 15 is 0 Å². The lowest BCUT2D eigenvalue weighted by Crippen LogP contribution is -2.33. The van der Waals surface area contributed by atoms with Crippen molar-refractivity contribution in [3.8, 4) is 5.75 Å². The molecule has 1 atom stereocenters. The number of rotatable bonds is 5. The molecule has 0 spiro atoms. The first-order valence-electron chi connectivity index (χ1n) is 4.83. The van der Waals surface area contributed by atoms with Crippen LogP contribution in [0.3, 0.4) is 0 Å². The third kappa shape index (κ3) is 3.85. The number of nitrogens with two attached hydrogens (primary N) is 1. The topological polar surface area (TPSA) is 48.1 Å². The van der Waals surface area contributed by atoms with Gasteiger partial charge in [-0.15, -0.1) is 0 Å². The van der Waals surface area contributed by atoms with Gasteiger partial charge in [0.15, 0.2) is 6.61 Å². The number of hydrogen-bond donors (Lipinski definition) is 1. The van der Waals surface area contributed by atoms with Gasteiger partial charge >= 0.3 is 12.3 Å². The molecule has 0 aliphatic carbocycles. The van der Waals surface area contributed by atoms with E-state index in [0.717, 1.165) is 0 Å². The molecule has 7 heteroatoms. The van der Waals surface area contributed by atoms with Gasteiger partial charge in [0.05, 0.1) is 11.9 Å². The second kappa shape index (κ2) is 5.31. The highest BCUT2D eigenvalue weighted by atomic mass is 19.3. The number of halogens is 4. The van der Waals surface area contributed by atoms with Crippen LogP contribution in [0.1, 0.15) is 18.7 Å². The molecular formula is C10H12F4N2O. The van der Waals surface area contributed by atoms with Gasteiger partial charge in [-0.05, 0) is 19.1 Å². The van der Waals surface area contributed by atoms with Gasteiger partial charge in [-0.2, -0.15) is 8.78 Å². The van der Waals surface area contributed by atoms with Gasteiger partial charge < -0.3 is 10.5 Å². The highest BCUT2D eigenvalue weighted by molar-refractivity contribution is 5.21. The molecular weight excluding hydrogens is 240 g/mol. The van der Waals surface area contributed by atoms with Crippen LogP contribution in [0.5, 0.6) is 5.75 Å². The van der Waals surface area contributed by atoms with E-state index in [1.807, 2.05) is 0 Å². The minimum Gasteiger partial charge on any atom is -0.485 e. The summed E-state index contributed by atoms with van der Waals surface area (Å²) in [7, 11) is 0. The van der Waals surface area contributed by atoms with E-state index < -0.39 is 19.0 Å². The highest BCUT2D eigenvalue weighted by Crippen LogP contribution is 2.24. The molecule has 96 valence electrons. The number of ether oxygens (including phenoxy) is 1. The Bertz CT molecular complexity index is 354. The fraction of sp³-hybridized carbons (Fsp3) is 0.500. The van der Waals surface area contributed by atoms with Crippen LogP contribution in [-0.4, -0.2) is 23.9 Å². The lowest BCUT2D eigenvalue weighted by molar-refractivity contribution is -0.148. The molecule has 0 bridgehead atoms. The summed E-state index contributed by atoms with van der Waals surface area (Å²) < 4.78 is 53.2. The number of pyridine rings is 1. The Hall–Kier alpha value is -1.37. The third-order valence-corrected chi connectivity index (χ3v) is 1.98. The van der Waals surface area contributed by atoms with Gasteiger partial charge in [0.1, 0.15) is 5.75 Å². The van der Waals surface area contributed by atoms with E-state index in [4.69, 9.17) is 5.73 Å². The average molecular weight is 252 g/mol. The molecule has 0 aliphatic rings. The standard InChI is InChI=1S/C10H12F4N2O/c1-6(15)8-3-2-7(4-16-8)17-5-10(13,14)9(11)12/h2-4,6,9H,5,15H2,1H3. The van der Waals surface area contributed by atoms with Crippen molar-refractivity contribution in [1.82, 2.24) is 4.98 Å². The number of nitrogens with zero attached hydrogens (tertiary/aromatic N) is 1. The number of hydrogen-bond acceptors (Lipinski definition) is 3. The smallest absolute Gasteiger partial charge is 0.340 e. The summed E-state index contributed by atoms with van der Waals surface area (Å²) in [6.45, 7) is 0.317. The number of aromatic nitrogens is 1. The molecule has 0 amide bonds. The Morgan fingerprint density at radius 2 is 2.06 bits per heavy atom. The molecule has 0 aliphatic heterocycles. The Morgan fingerprint density at radius 3 is 2.47 bits per heavy atom. The van der Waals surface area contributed by atoms with Gasteiger partial charge in [-0.25, -0.2) is 8.78 Å². The number of alkyl halides is 4. The summed E-state index contributed by atoms with van der Waals surface area (Å²) in [5.41, 5.74) is 6.08. The van der Waals surface area contributed by atoms with Crippen LogP contribution in [0.15, 0.2) is 18.3 Å². The largest absolute Gasteiger partial charge is 0.485 e. The second-order valence-corrected chi connectivity index (χ2v) is 3.56. The van der Waals surface area contributed by atoms with Crippen molar-refractivity contribution in [1.29, 1.82) is 0 Å². The minimum absolute atomic E-state index is 0.00488. The molecule has 1 rings (SSSR count). The summed E-state index contributed by atoms with van der Waals surface area (Å²) in [6.07, 6.45) is -2.58. The molecule has 2 N–H and O–H groups in total. The van der Waals surface area contributed by atoms with Crippen LogP contribution in [0, 0.1) is 0 Å². The first-order valence-corrected chi connectivity index (χ1v) is 4.83. The zero-order valence-corrected chi connectivity index (χ0v) is 9.04. The fourth-order valence-corrected chi connectivity index (χ4v) is 0.989. The molecule has 3 nitrogen and oxygen atoms in total. The van der Waals surface area contributed by atoms with Crippen molar-refractivity contribution < 1.29 is 22.3 Å². The maximum Gasteiger partial charge on any atom is 0.340 e. The minimum atomic E-state index is -4.17. The predicted octanol–water partition coefficient (Wildman–Crippen LogP) is 2.38. The molecule has 1 heterocycles. The van der Waals surface area contributed by atoms with Crippen molar-refractivity contribution in [3.63, 3.8) is 0 Å². The molecule has 0 aromatic carbocycles. The van der Waals surface area contributed by atoms with Gasteiger partial charge in [0.25, 0.3) is 0 Å². The maximum absolute atomic E-state index is 12.5. The molecule has 0 saturated carbocycles. The molecule has 1 unspecified atom stereocenters. The molecule has 0 fully saturated rings. The predicted molar refractivity (Wildman–Crippen MR) is 53.3 cm³/mol. The lowest BCUT2D eigenvalue weighted by Gasteiger charge is -2.16. The van der Waals surface area contributed by atoms with Gasteiger partial charge in [-0.1, -0.05) is 0 Å². The summed E-state index contributed by atoms with van der Waals surface area (Å²) in [5, 5.41) is 0. The molecule has 0 saturated heterocycles. The van der Waals surface area contributed by atoms with Crippen LogP contribution in [0.4, 0.5) is 17.6 Å². The van der Waals surface area contributed by atoms with E-state index in [0.29, 0.717) is 5.69 Å². The summed E-state index contributed by atoms with van der Waals surface area (Å²) >= 11 is 0. The van der Waals surface area contributed by atoms with E-state index in [2.05, 4.69) is 9.72 Å². The Balaban J connectivity index is 2.59. The van der Waals surface area contributed by atoms with Crippen LogP contribution >= 0.6 is 0 Å². The normalized spacial score (nSPS) is 13.8. The summed E-state index contributed by atoms with van der Waals surface area (Å²) in [5.74, 6) is -4.17. The third-order valence-electron chi connectivity index (χ3n) is 1.98. The molecule has 1 aromatic rings. The zero-order chi connectivity index (χ0) is 13.1. The van der Waals surface area contributed by atoms with E-state index in [1.54, 1.807) is 6.92 Å². The van der Waals surface area contributed by atoms with Gasteiger partial charge in [-0.3, -0.25) is 4.98 Å². The van der Waals surface area contributed by atoms with Crippen molar-refractivity contribution in [2.45, 2.75) is 25.3 Å². The second-order valence-electron chi connectivity index (χ2n) is 3.56. The molecule has 0 radical (unpaired) electrons. The van der Waals surface area contributed by atoms with E-state index in [9.17, 15) is 17.6 Å². The highest BCUT2D eigenvalue weighted by Gasteiger charge is 2.41.